The highest BCUT2D eigenvalue weighted by molar-refractivity contribution is 7.99. The molecule has 0 saturated heterocycles. The number of rotatable bonds is 20. The Morgan fingerprint density at radius 3 is 2.11 bits per heavy atom. The lowest BCUT2D eigenvalue weighted by molar-refractivity contribution is -0.158. The molecule has 1 rings (SSSR count). The zero-order valence-corrected chi connectivity index (χ0v) is 23.2. The molecule has 0 unspecified atom stereocenters. The number of esters is 3. The first-order valence-electron chi connectivity index (χ1n) is 13.1. The monoisotopic (exact) mass is 520 g/mol. The van der Waals surface area contributed by atoms with E-state index in [1.54, 1.807) is 18.2 Å². The second-order valence-corrected chi connectivity index (χ2v) is 10.6. The fourth-order valence-electron chi connectivity index (χ4n) is 3.38. The standard InChI is InChI=1S/C29H44O6S/c1-5-7-8-9-10-11-12-13-14-26(30)33-19-20-35-28(32)29(3,4)23-36-22-21-34-27(31)25-17-15-24(6-2)16-18-25/h6,15-18H,2,5,7-14,19-23H2,1,3-4H3. The van der Waals surface area contributed by atoms with Crippen molar-refractivity contribution in [3.63, 3.8) is 0 Å². The van der Waals surface area contributed by atoms with Gasteiger partial charge in [0.2, 0.25) is 0 Å². The zero-order valence-electron chi connectivity index (χ0n) is 22.4. The van der Waals surface area contributed by atoms with Crippen LogP contribution in [0, 0.1) is 5.41 Å². The number of benzene rings is 1. The van der Waals surface area contributed by atoms with E-state index >= 15 is 0 Å². The van der Waals surface area contributed by atoms with E-state index in [-0.39, 0.29) is 37.7 Å². The maximum Gasteiger partial charge on any atom is 0.338 e. The summed E-state index contributed by atoms with van der Waals surface area (Å²) in [5, 5.41) is 0. The van der Waals surface area contributed by atoms with E-state index in [4.69, 9.17) is 14.2 Å². The number of thioether (sulfide) groups is 1. The smallest absolute Gasteiger partial charge is 0.338 e. The number of hydrogen-bond donors (Lipinski definition) is 0. The Balaban J connectivity index is 2.09. The molecule has 0 atom stereocenters. The molecular weight excluding hydrogens is 476 g/mol. The Morgan fingerprint density at radius 2 is 1.47 bits per heavy atom. The molecule has 0 radical (unpaired) electrons. The molecule has 6 nitrogen and oxygen atoms in total. The van der Waals surface area contributed by atoms with Crippen molar-refractivity contribution in [2.75, 3.05) is 31.3 Å². The van der Waals surface area contributed by atoms with Gasteiger partial charge in [0.25, 0.3) is 0 Å². The number of carbonyl (C=O) groups excluding carboxylic acids is 3. The van der Waals surface area contributed by atoms with Crippen molar-refractivity contribution in [3.05, 3.63) is 42.0 Å². The van der Waals surface area contributed by atoms with Crippen molar-refractivity contribution in [1.82, 2.24) is 0 Å². The Kier molecular flexibility index (Phi) is 16.7. The van der Waals surface area contributed by atoms with Crippen molar-refractivity contribution in [3.8, 4) is 0 Å². The average molecular weight is 521 g/mol. The number of carbonyl (C=O) groups is 3. The quantitative estimate of drug-likeness (QED) is 0.105. The van der Waals surface area contributed by atoms with Gasteiger partial charge < -0.3 is 14.2 Å². The first-order chi connectivity index (χ1) is 17.3. The van der Waals surface area contributed by atoms with Gasteiger partial charge in [-0.1, -0.05) is 76.7 Å². The van der Waals surface area contributed by atoms with Crippen LogP contribution in [0.3, 0.4) is 0 Å². The molecule has 7 heteroatoms. The van der Waals surface area contributed by atoms with Gasteiger partial charge in [0.15, 0.2) is 0 Å². The molecule has 0 aromatic heterocycles. The second kappa shape index (κ2) is 18.9. The van der Waals surface area contributed by atoms with Crippen molar-refractivity contribution >= 4 is 35.7 Å². The molecule has 0 spiro atoms. The lowest BCUT2D eigenvalue weighted by Crippen LogP contribution is -2.30. The fourth-order valence-corrected chi connectivity index (χ4v) is 4.35. The summed E-state index contributed by atoms with van der Waals surface area (Å²) in [4.78, 5) is 36.3. The molecule has 0 aliphatic heterocycles. The van der Waals surface area contributed by atoms with Crippen LogP contribution in [-0.2, 0) is 23.8 Å². The predicted octanol–water partition coefficient (Wildman–Crippen LogP) is 6.86. The minimum absolute atomic E-state index is 0.0539. The van der Waals surface area contributed by atoms with Crippen LogP contribution >= 0.6 is 11.8 Å². The van der Waals surface area contributed by atoms with Crippen LogP contribution in [0.2, 0.25) is 0 Å². The van der Waals surface area contributed by atoms with Gasteiger partial charge in [0, 0.05) is 17.9 Å². The van der Waals surface area contributed by atoms with E-state index in [1.165, 1.54) is 43.9 Å². The van der Waals surface area contributed by atoms with Crippen LogP contribution in [-0.4, -0.2) is 49.2 Å². The molecule has 1 aromatic rings. The minimum atomic E-state index is -0.698. The third kappa shape index (κ3) is 14.3. The third-order valence-corrected chi connectivity index (χ3v) is 7.05. The maximum absolute atomic E-state index is 12.4. The Hall–Kier alpha value is -2.28. The van der Waals surface area contributed by atoms with Crippen LogP contribution < -0.4 is 0 Å². The molecule has 0 aliphatic carbocycles. The van der Waals surface area contributed by atoms with Gasteiger partial charge in [-0.05, 0) is 38.0 Å². The van der Waals surface area contributed by atoms with Crippen LogP contribution in [0.15, 0.2) is 30.8 Å². The third-order valence-electron chi connectivity index (χ3n) is 5.67. The molecule has 1 aromatic carbocycles. The molecule has 0 amide bonds. The first kappa shape index (κ1) is 31.7. The van der Waals surface area contributed by atoms with Crippen molar-refractivity contribution in [1.29, 1.82) is 0 Å². The van der Waals surface area contributed by atoms with Gasteiger partial charge in [0.1, 0.15) is 19.8 Å². The van der Waals surface area contributed by atoms with E-state index in [0.29, 0.717) is 23.5 Å². The highest BCUT2D eigenvalue weighted by Gasteiger charge is 2.29. The summed E-state index contributed by atoms with van der Waals surface area (Å²) >= 11 is 1.52. The Labute approximate surface area is 221 Å². The first-order valence-corrected chi connectivity index (χ1v) is 14.3. The molecule has 0 heterocycles. The molecule has 0 fully saturated rings. The average Bonchev–Trinajstić information content (AvgIpc) is 2.87. The number of hydrogen-bond acceptors (Lipinski definition) is 7. The van der Waals surface area contributed by atoms with Crippen LogP contribution in [0.4, 0.5) is 0 Å². The van der Waals surface area contributed by atoms with E-state index in [2.05, 4.69) is 13.5 Å². The highest BCUT2D eigenvalue weighted by atomic mass is 32.2. The van der Waals surface area contributed by atoms with Crippen LogP contribution in [0.1, 0.15) is 94.5 Å². The van der Waals surface area contributed by atoms with Gasteiger partial charge >= 0.3 is 17.9 Å². The largest absolute Gasteiger partial charge is 0.462 e. The van der Waals surface area contributed by atoms with E-state index in [0.717, 1.165) is 24.8 Å². The summed E-state index contributed by atoms with van der Waals surface area (Å²) in [5.41, 5.74) is 0.734. The molecular formula is C29H44O6S. The molecule has 0 bridgehead atoms. The van der Waals surface area contributed by atoms with E-state index < -0.39 is 5.41 Å². The van der Waals surface area contributed by atoms with Crippen molar-refractivity contribution in [2.24, 2.45) is 5.41 Å². The summed E-state index contributed by atoms with van der Waals surface area (Å²) in [7, 11) is 0. The number of ether oxygens (including phenoxy) is 3. The van der Waals surface area contributed by atoms with Crippen LogP contribution in [0.5, 0.6) is 0 Å². The Bertz CT molecular complexity index is 787. The topological polar surface area (TPSA) is 78.9 Å². The number of unbranched alkanes of at least 4 members (excludes halogenated alkanes) is 7. The summed E-state index contributed by atoms with van der Waals surface area (Å²) in [6.45, 7) is 9.90. The summed E-state index contributed by atoms with van der Waals surface area (Å²) in [6.07, 6.45) is 11.5. The molecule has 202 valence electrons. The normalized spacial score (nSPS) is 11.1. The summed E-state index contributed by atoms with van der Waals surface area (Å²) < 4.78 is 15.8. The fraction of sp³-hybridized carbons (Fsp3) is 0.621. The maximum atomic E-state index is 12.4. The van der Waals surface area contributed by atoms with E-state index in [9.17, 15) is 14.4 Å². The molecule has 36 heavy (non-hydrogen) atoms. The zero-order chi connectivity index (χ0) is 26.7. The predicted molar refractivity (Wildman–Crippen MR) is 147 cm³/mol. The van der Waals surface area contributed by atoms with E-state index in [1.807, 2.05) is 26.0 Å². The SMILES string of the molecule is C=Cc1ccc(C(=O)OCCSCC(C)(C)C(=O)OCCOC(=O)CCCCCCCCCC)cc1. The van der Waals surface area contributed by atoms with Crippen molar-refractivity contribution in [2.45, 2.75) is 78.6 Å². The van der Waals surface area contributed by atoms with Crippen LogP contribution in [0.25, 0.3) is 6.08 Å². The van der Waals surface area contributed by atoms with Gasteiger partial charge in [0.05, 0.1) is 11.0 Å². The van der Waals surface area contributed by atoms with Gasteiger partial charge in [-0.2, -0.15) is 11.8 Å². The molecule has 0 N–H and O–H groups in total. The molecule has 0 saturated carbocycles. The van der Waals surface area contributed by atoms with Gasteiger partial charge in [-0.15, -0.1) is 0 Å². The molecule has 0 aliphatic rings. The van der Waals surface area contributed by atoms with Gasteiger partial charge in [-0.25, -0.2) is 4.79 Å². The summed E-state index contributed by atoms with van der Waals surface area (Å²) in [5.74, 6) is 0.146. The lowest BCUT2D eigenvalue weighted by atomic mass is 9.97. The Morgan fingerprint density at radius 1 is 0.861 bits per heavy atom. The second-order valence-electron chi connectivity index (χ2n) is 9.48. The minimum Gasteiger partial charge on any atom is -0.462 e. The highest BCUT2D eigenvalue weighted by Crippen LogP contribution is 2.23. The lowest BCUT2D eigenvalue weighted by Gasteiger charge is -2.22. The van der Waals surface area contributed by atoms with Crippen molar-refractivity contribution < 1.29 is 28.6 Å². The summed E-state index contributed by atoms with van der Waals surface area (Å²) in [6, 6.07) is 7.04. The van der Waals surface area contributed by atoms with Gasteiger partial charge in [-0.3, -0.25) is 9.59 Å².